The molecule has 4 heteroatoms. The van der Waals surface area contributed by atoms with E-state index in [2.05, 4.69) is 10.2 Å². The van der Waals surface area contributed by atoms with E-state index < -0.39 is 5.54 Å². The molecule has 0 spiro atoms. The molecule has 1 heterocycles. The van der Waals surface area contributed by atoms with Gasteiger partial charge in [-0.25, -0.2) is 0 Å². The van der Waals surface area contributed by atoms with E-state index in [9.17, 15) is 4.79 Å². The summed E-state index contributed by atoms with van der Waals surface area (Å²) in [5.41, 5.74) is -0.429. The molecule has 2 rings (SSSR count). The van der Waals surface area contributed by atoms with Crippen LogP contribution in [0.5, 0.6) is 0 Å². The number of nitrogens with zero attached hydrogens (tertiary/aromatic N) is 2. The summed E-state index contributed by atoms with van der Waals surface area (Å²) in [4.78, 5) is 16.7. The Labute approximate surface area is 98.0 Å². The van der Waals surface area contributed by atoms with Crippen molar-refractivity contribution >= 4 is 5.91 Å². The van der Waals surface area contributed by atoms with Gasteiger partial charge in [-0.15, -0.1) is 0 Å². The molecule has 0 bridgehead atoms. The van der Waals surface area contributed by atoms with Crippen LogP contribution in [0.1, 0.15) is 26.7 Å². The summed E-state index contributed by atoms with van der Waals surface area (Å²) in [5, 5.41) is 3.08. The highest BCUT2D eigenvalue weighted by molar-refractivity contribution is 5.85. The Hall–Kier alpha value is -0.610. The Morgan fingerprint density at radius 3 is 2.19 bits per heavy atom. The third-order valence-corrected chi connectivity index (χ3v) is 3.82. The van der Waals surface area contributed by atoms with E-state index in [1.165, 1.54) is 12.8 Å². The zero-order valence-electron chi connectivity index (χ0n) is 10.6. The number of carbonyl (C=O) groups excluding carboxylic acids is 1. The van der Waals surface area contributed by atoms with Gasteiger partial charge in [0.1, 0.15) is 0 Å². The van der Waals surface area contributed by atoms with Crippen LogP contribution >= 0.6 is 0 Å². The predicted octanol–water partition coefficient (Wildman–Crippen LogP) is 0.291. The fourth-order valence-electron chi connectivity index (χ4n) is 2.23. The van der Waals surface area contributed by atoms with Gasteiger partial charge in [0.2, 0.25) is 5.91 Å². The SMILES string of the molecule is CNC(C)(C)C(=O)N1CCN(C2CC2)CC1. The molecule has 1 aliphatic heterocycles. The largest absolute Gasteiger partial charge is 0.339 e. The monoisotopic (exact) mass is 225 g/mol. The third kappa shape index (κ3) is 2.38. The van der Waals surface area contributed by atoms with E-state index >= 15 is 0 Å². The quantitative estimate of drug-likeness (QED) is 0.750. The molecule has 1 N–H and O–H groups in total. The molecular formula is C12H23N3O. The average Bonchev–Trinajstić information content (AvgIpc) is 3.12. The molecule has 0 aromatic rings. The minimum Gasteiger partial charge on any atom is -0.339 e. The lowest BCUT2D eigenvalue weighted by molar-refractivity contribution is -0.138. The standard InChI is InChI=1S/C12H23N3O/c1-12(2,13-3)11(16)15-8-6-14(7-9-15)10-4-5-10/h10,13H,4-9H2,1-3H3. The smallest absolute Gasteiger partial charge is 0.242 e. The van der Waals surface area contributed by atoms with Crippen LogP contribution in [0.4, 0.5) is 0 Å². The van der Waals surface area contributed by atoms with Gasteiger partial charge in [-0.2, -0.15) is 0 Å². The van der Waals surface area contributed by atoms with Gasteiger partial charge in [-0.1, -0.05) is 0 Å². The zero-order valence-corrected chi connectivity index (χ0v) is 10.6. The lowest BCUT2D eigenvalue weighted by atomic mass is 10.0. The summed E-state index contributed by atoms with van der Waals surface area (Å²) in [6, 6.07) is 0.828. The van der Waals surface area contributed by atoms with Crippen LogP contribution in [0.3, 0.4) is 0 Å². The van der Waals surface area contributed by atoms with Gasteiger partial charge < -0.3 is 10.2 Å². The second-order valence-corrected chi connectivity index (χ2v) is 5.43. The van der Waals surface area contributed by atoms with E-state index in [-0.39, 0.29) is 5.91 Å². The second kappa shape index (κ2) is 4.34. The van der Waals surface area contributed by atoms with E-state index in [0.29, 0.717) is 0 Å². The first-order chi connectivity index (χ1) is 7.54. The molecule has 1 amide bonds. The van der Waals surface area contributed by atoms with Gasteiger partial charge in [0.05, 0.1) is 5.54 Å². The van der Waals surface area contributed by atoms with Crippen molar-refractivity contribution in [1.29, 1.82) is 0 Å². The van der Waals surface area contributed by atoms with E-state index in [1.807, 2.05) is 25.8 Å². The number of nitrogens with one attached hydrogen (secondary N) is 1. The molecule has 4 nitrogen and oxygen atoms in total. The summed E-state index contributed by atoms with van der Waals surface area (Å²) in [7, 11) is 1.85. The fraction of sp³-hybridized carbons (Fsp3) is 0.917. The van der Waals surface area contributed by atoms with Crippen LogP contribution < -0.4 is 5.32 Å². The summed E-state index contributed by atoms with van der Waals surface area (Å²) < 4.78 is 0. The number of hydrogen-bond acceptors (Lipinski definition) is 3. The molecular weight excluding hydrogens is 202 g/mol. The van der Waals surface area contributed by atoms with Crippen LogP contribution in [-0.4, -0.2) is 60.5 Å². The molecule has 92 valence electrons. The molecule has 0 atom stereocenters. The molecule has 0 unspecified atom stereocenters. The zero-order chi connectivity index (χ0) is 11.8. The molecule has 1 aliphatic carbocycles. The van der Waals surface area contributed by atoms with Crippen LogP contribution in [-0.2, 0) is 4.79 Å². The van der Waals surface area contributed by atoms with E-state index in [0.717, 1.165) is 32.2 Å². The number of piperazine rings is 1. The minimum atomic E-state index is -0.429. The minimum absolute atomic E-state index is 0.227. The number of rotatable bonds is 3. The highest BCUT2D eigenvalue weighted by atomic mass is 16.2. The van der Waals surface area contributed by atoms with E-state index in [4.69, 9.17) is 0 Å². The number of likely N-dealkylation sites (N-methyl/N-ethyl adjacent to an activating group) is 1. The normalized spacial score (nSPS) is 23.6. The third-order valence-electron chi connectivity index (χ3n) is 3.82. The van der Waals surface area contributed by atoms with Crippen molar-refractivity contribution in [1.82, 2.24) is 15.1 Å². The van der Waals surface area contributed by atoms with Crippen LogP contribution in [0.15, 0.2) is 0 Å². The van der Waals surface area contributed by atoms with Crippen LogP contribution in [0.25, 0.3) is 0 Å². The Kier molecular flexibility index (Phi) is 3.22. The maximum Gasteiger partial charge on any atom is 0.242 e. The molecule has 0 aromatic heterocycles. The van der Waals surface area contributed by atoms with Crippen molar-refractivity contribution < 1.29 is 4.79 Å². The van der Waals surface area contributed by atoms with Gasteiger partial charge in [0.25, 0.3) is 0 Å². The second-order valence-electron chi connectivity index (χ2n) is 5.43. The van der Waals surface area contributed by atoms with Crippen LogP contribution in [0, 0.1) is 0 Å². The first kappa shape index (κ1) is 11.9. The van der Waals surface area contributed by atoms with Crippen LogP contribution in [0.2, 0.25) is 0 Å². The maximum absolute atomic E-state index is 12.2. The molecule has 2 aliphatic rings. The van der Waals surface area contributed by atoms with Gasteiger partial charge in [0, 0.05) is 32.2 Å². The predicted molar refractivity (Wildman–Crippen MR) is 64.3 cm³/mol. The number of hydrogen-bond donors (Lipinski definition) is 1. The fourth-order valence-corrected chi connectivity index (χ4v) is 2.23. The summed E-state index contributed by atoms with van der Waals surface area (Å²) >= 11 is 0. The van der Waals surface area contributed by atoms with E-state index in [1.54, 1.807) is 0 Å². The number of carbonyl (C=O) groups is 1. The first-order valence-electron chi connectivity index (χ1n) is 6.27. The van der Waals surface area contributed by atoms with Gasteiger partial charge in [0.15, 0.2) is 0 Å². The molecule has 1 saturated carbocycles. The van der Waals surface area contributed by atoms with Gasteiger partial charge in [-0.05, 0) is 33.7 Å². The Morgan fingerprint density at radius 1 is 1.19 bits per heavy atom. The lowest BCUT2D eigenvalue weighted by Gasteiger charge is -2.38. The Balaban J connectivity index is 1.85. The summed E-state index contributed by atoms with van der Waals surface area (Å²) in [5.74, 6) is 0.227. The molecule has 16 heavy (non-hydrogen) atoms. The van der Waals surface area contributed by atoms with Crippen molar-refractivity contribution in [2.45, 2.75) is 38.3 Å². The van der Waals surface area contributed by atoms with Gasteiger partial charge >= 0.3 is 0 Å². The molecule has 0 aromatic carbocycles. The van der Waals surface area contributed by atoms with Gasteiger partial charge in [-0.3, -0.25) is 9.69 Å². The summed E-state index contributed by atoms with van der Waals surface area (Å²) in [6.45, 7) is 7.78. The topological polar surface area (TPSA) is 35.6 Å². The molecule has 1 saturated heterocycles. The molecule has 2 fully saturated rings. The summed E-state index contributed by atoms with van der Waals surface area (Å²) in [6.07, 6.45) is 2.71. The van der Waals surface area contributed by atoms with Crippen molar-refractivity contribution in [3.8, 4) is 0 Å². The van der Waals surface area contributed by atoms with Crippen molar-refractivity contribution in [3.63, 3.8) is 0 Å². The molecule has 0 radical (unpaired) electrons. The highest BCUT2D eigenvalue weighted by Gasteiger charge is 2.35. The van der Waals surface area contributed by atoms with Crippen molar-refractivity contribution in [3.05, 3.63) is 0 Å². The highest BCUT2D eigenvalue weighted by Crippen LogP contribution is 2.27. The first-order valence-corrected chi connectivity index (χ1v) is 6.27. The maximum atomic E-state index is 12.2. The lowest BCUT2D eigenvalue weighted by Crippen LogP contribution is -2.58. The van der Waals surface area contributed by atoms with Crippen molar-refractivity contribution in [2.75, 3.05) is 33.2 Å². The number of amides is 1. The Bertz CT molecular complexity index is 265. The Morgan fingerprint density at radius 2 is 1.75 bits per heavy atom. The van der Waals surface area contributed by atoms with Crippen molar-refractivity contribution in [2.24, 2.45) is 0 Å². The average molecular weight is 225 g/mol.